The third-order valence-corrected chi connectivity index (χ3v) is 12.5. The maximum Gasteiger partial charge on any atom is 0.472 e. The molecular formula is C47H56ClF10N8O10PS. The number of carbonyl (C=O) groups excluding carboxylic acids is 3. The van der Waals surface area contributed by atoms with Gasteiger partial charge in [-0.15, -0.1) is 0 Å². The normalized spacial score (nSPS) is 15.2. The number of aliphatic imine (C=N–C) groups is 1. The van der Waals surface area contributed by atoms with E-state index in [1.54, 1.807) is 0 Å². The van der Waals surface area contributed by atoms with Gasteiger partial charge in [-0.3, -0.25) is 33.9 Å². The predicted octanol–water partition coefficient (Wildman–Crippen LogP) is 10.6. The van der Waals surface area contributed by atoms with E-state index in [4.69, 9.17) is 27.1 Å². The molecule has 2 aromatic carbocycles. The molecule has 1 fully saturated rings. The van der Waals surface area contributed by atoms with Crippen molar-refractivity contribution in [1.29, 1.82) is 0 Å². The van der Waals surface area contributed by atoms with E-state index < -0.39 is 154 Å². The van der Waals surface area contributed by atoms with E-state index in [-0.39, 0.29) is 44.9 Å². The van der Waals surface area contributed by atoms with E-state index in [0.717, 1.165) is 16.4 Å². The first-order chi connectivity index (χ1) is 36.1. The van der Waals surface area contributed by atoms with Crippen LogP contribution >= 0.6 is 31.4 Å². The summed E-state index contributed by atoms with van der Waals surface area (Å²) in [4.78, 5) is 78.9. The molecule has 0 spiro atoms. The lowest BCUT2D eigenvalue weighted by Crippen LogP contribution is -2.42. The van der Waals surface area contributed by atoms with Gasteiger partial charge in [-0.2, -0.15) is 40.2 Å². The number of carboxylic acids is 1. The smallest absolute Gasteiger partial charge is 0.472 e. The summed E-state index contributed by atoms with van der Waals surface area (Å²) in [5.41, 5.74) is -1.55. The summed E-state index contributed by atoms with van der Waals surface area (Å²) in [6.45, 7) is 6.20. The molecule has 0 radical (unpaired) electrons. The zero-order valence-corrected chi connectivity index (χ0v) is 45.4. The molecule has 2 aromatic heterocycles. The number of anilines is 1. The fraction of sp³-hybridized carbons (Fsp3) is 0.468. The van der Waals surface area contributed by atoms with E-state index in [9.17, 15) is 72.8 Å². The van der Waals surface area contributed by atoms with Gasteiger partial charge in [0.25, 0.3) is 5.92 Å². The van der Waals surface area contributed by atoms with Crippen LogP contribution in [0.1, 0.15) is 83.8 Å². The summed E-state index contributed by atoms with van der Waals surface area (Å²) in [5, 5.41) is 15.5. The number of phosphoric acid groups is 1. The Balaban J connectivity index is 0.00000391. The van der Waals surface area contributed by atoms with Gasteiger partial charge in [0.05, 0.1) is 27.7 Å². The molecule has 78 heavy (non-hydrogen) atoms. The van der Waals surface area contributed by atoms with Gasteiger partial charge < -0.3 is 30.7 Å². The van der Waals surface area contributed by atoms with Gasteiger partial charge in [-0.1, -0.05) is 65.3 Å². The highest BCUT2D eigenvalue weighted by atomic mass is 35.5. The molecule has 3 amide bonds. The van der Waals surface area contributed by atoms with Crippen molar-refractivity contribution in [2.75, 3.05) is 37.0 Å². The zero-order valence-electron chi connectivity index (χ0n) is 43.0. The lowest BCUT2D eigenvalue weighted by molar-refractivity contribution is -0.142. The van der Waals surface area contributed by atoms with Gasteiger partial charge in [0.15, 0.2) is 5.82 Å². The van der Waals surface area contributed by atoms with Gasteiger partial charge in [0, 0.05) is 53.1 Å². The topological polar surface area (TPSA) is 252 Å². The first-order valence-electron chi connectivity index (χ1n) is 23.3. The third-order valence-electron chi connectivity index (χ3n) is 11.0. The summed E-state index contributed by atoms with van der Waals surface area (Å²) in [6.07, 6.45) is -13.2. The number of nitrogens with two attached hydrogens (primary N) is 1. The van der Waals surface area contributed by atoms with Crippen molar-refractivity contribution < 1.29 is 91.8 Å². The Morgan fingerprint density at radius 3 is 2.15 bits per heavy atom. The highest BCUT2D eigenvalue weighted by molar-refractivity contribution is 8.00. The largest absolute Gasteiger partial charge is 0.480 e. The van der Waals surface area contributed by atoms with Crippen LogP contribution in [0.3, 0.4) is 0 Å². The molecule has 2 heterocycles. The van der Waals surface area contributed by atoms with Crippen molar-refractivity contribution in [3.8, 4) is 11.1 Å². The number of alkyl halides is 8. The number of benzene rings is 2. The maximum absolute atomic E-state index is 14.9. The Kier molecular flexibility index (Phi) is 23.2. The number of carboxylic acid groups (broad SMARTS) is 1. The molecule has 31 heteroatoms. The number of aromatic nitrogens is 3. The van der Waals surface area contributed by atoms with E-state index in [2.05, 4.69) is 29.7 Å². The monoisotopic (exact) mass is 1180 g/mol. The number of aryl methyl sites for hydroxylation is 1. The van der Waals surface area contributed by atoms with Crippen molar-refractivity contribution in [2.45, 2.75) is 105 Å². The van der Waals surface area contributed by atoms with Crippen LogP contribution in [0.25, 0.3) is 22.0 Å². The fourth-order valence-corrected chi connectivity index (χ4v) is 8.77. The maximum atomic E-state index is 14.9. The van der Waals surface area contributed by atoms with Crippen LogP contribution < -0.4 is 15.4 Å². The van der Waals surface area contributed by atoms with E-state index in [1.165, 1.54) is 51.3 Å². The number of halogens is 11. The van der Waals surface area contributed by atoms with Crippen LogP contribution in [0.5, 0.6) is 0 Å². The molecule has 18 nitrogen and oxygen atoms in total. The van der Waals surface area contributed by atoms with Crippen molar-refractivity contribution in [3.63, 3.8) is 0 Å². The Bertz CT molecular complexity index is 2920. The number of allylic oxidation sites excluding steroid dienone is 2. The van der Waals surface area contributed by atoms with Crippen molar-refractivity contribution in [2.24, 2.45) is 16.1 Å². The van der Waals surface area contributed by atoms with Gasteiger partial charge in [0.2, 0.25) is 18.6 Å². The second kappa shape index (κ2) is 27.2. The van der Waals surface area contributed by atoms with Crippen LogP contribution in [0.4, 0.5) is 54.5 Å². The number of ether oxygens (including phenoxy) is 1. The zero-order chi connectivity index (χ0) is 59.5. The minimum absolute atomic E-state index is 0.0925. The molecule has 0 saturated heterocycles. The number of hydrogen-bond acceptors (Lipinski definition) is 12. The van der Waals surface area contributed by atoms with Crippen molar-refractivity contribution in [3.05, 3.63) is 87.3 Å². The molecule has 0 bridgehead atoms. The number of nitrogens with one attached hydrogen (secondary N) is 1. The lowest BCUT2D eigenvalue weighted by atomic mass is 9.88. The van der Waals surface area contributed by atoms with E-state index in [1.807, 2.05) is 27.7 Å². The number of nitrogens with zero attached hydrogens (tertiary/aromatic N) is 6. The number of hydrogen-bond donors (Lipinski definition) is 5. The highest BCUT2D eigenvalue weighted by Crippen LogP contribution is 2.45. The molecule has 1 unspecified atom stereocenters. The summed E-state index contributed by atoms with van der Waals surface area (Å²) in [6, 6.07) is 5.90. The van der Waals surface area contributed by atoms with Crippen LogP contribution in [0.15, 0.2) is 58.7 Å². The molecule has 1 aliphatic carbocycles. The van der Waals surface area contributed by atoms with E-state index in [0.29, 0.717) is 27.6 Å². The summed E-state index contributed by atoms with van der Waals surface area (Å²) < 4.78 is 164. The molecule has 1 aliphatic rings. The van der Waals surface area contributed by atoms with Crippen molar-refractivity contribution >= 4 is 77.7 Å². The SMILES string of the molecule is CC.CC.CSN(C(=O)C(C)(C)CCN(CC(=O)O)C(=O)OCOP(=O)(O)O)c1nn(CC(F)(F)F)c2c(-c3ccc(C)nc3C(Cc3cc(F)cc(F)c3)NC(=O)CN=C3/C(=C(\N)C(F)(F)F)CCC3(F)F)ccc(Cl)c12. The first-order valence-corrected chi connectivity index (χ1v) is 26.4. The number of fused-ring (bicyclic) bond motifs is 1. The van der Waals surface area contributed by atoms with Gasteiger partial charge in [0.1, 0.15) is 42.7 Å². The van der Waals surface area contributed by atoms with Gasteiger partial charge in [-0.25, -0.2) is 27.0 Å². The van der Waals surface area contributed by atoms with Crippen molar-refractivity contribution in [1.82, 2.24) is 25.0 Å². The van der Waals surface area contributed by atoms with Crippen LogP contribution in [-0.4, -0.2) is 115 Å². The number of amides is 3. The number of phosphoric ester groups is 1. The molecule has 432 valence electrons. The van der Waals surface area contributed by atoms with Crippen LogP contribution in [-0.2, 0) is 41.2 Å². The standard InChI is InChI=1S/C43H44ClF10N8O10PS.2C2H6/c1-21-5-6-25(33(57-21)29(15-22-13-23(45)16-24(46)14-22)58-30(63)17-56-36-27(9-10-41(36,47)48)35(55)43(52,53)54)26-7-8-28(44)32-34(26)61(19-42(49,50)51)59-37(32)62(74-4)38(66)40(2,3)11-12-60(18-31(64)65)39(67)71-20-72-73(68,69)70;2*1-2/h5-8,13-14,16,29H,9-12,15,17-20,55H2,1-4H3,(H,58,63)(H,64,65)(H2,68,69,70);2*1-2H3/b35-27-,56-36?;;. The average molecular weight is 1180 g/mol. The number of pyridine rings is 1. The van der Waals surface area contributed by atoms with E-state index >= 15 is 0 Å². The number of carbonyl (C=O) groups is 4. The summed E-state index contributed by atoms with van der Waals surface area (Å²) in [7, 11) is -5.12. The van der Waals surface area contributed by atoms with Gasteiger partial charge in [-0.05, 0) is 68.0 Å². The third kappa shape index (κ3) is 17.8. The molecular weight excluding hydrogens is 1130 g/mol. The molecule has 0 aliphatic heterocycles. The Hall–Kier alpha value is -6.00. The summed E-state index contributed by atoms with van der Waals surface area (Å²) >= 11 is 7.39. The molecule has 1 saturated carbocycles. The minimum Gasteiger partial charge on any atom is -0.480 e. The predicted molar refractivity (Wildman–Crippen MR) is 269 cm³/mol. The quantitative estimate of drug-likeness (QED) is 0.0254. The average Bonchev–Trinajstić information content (AvgIpc) is 3.84. The molecule has 6 N–H and O–H groups in total. The Morgan fingerprint density at radius 2 is 1.60 bits per heavy atom. The molecule has 1 atom stereocenters. The Morgan fingerprint density at radius 1 is 1.00 bits per heavy atom. The number of aliphatic carboxylic acids is 1. The molecule has 4 aromatic rings. The second-order valence-electron chi connectivity index (χ2n) is 17.0. The first kappa shape index (κ1) is 66.3. The fourth-order valence-electron chi connectivity index (χ4n) is 7.63. The molecule has 5 rings (SSSR count). The minimum atomic E-state index is -5.23. The Labute approximate surface area is 449 Å². The summed E-state index contributed by atoms with van der Waals surface area (Å²) in [5.74, 6) is -10.2. The van der Waals surface area contributed by atoms with Crippen LogP contribution in [0.2, 0.25) is 5.02 Å². The second-order valence-corrected chi connectivity index (χ2v) is 19.4. The van der Waals surface area contributed by atoms with Gasteiger partial charge >= 0.3 is 32.2 Å². The number of rotatable bonds is 19. The lowest BCUT2D eigenvalue weighted by Gasteiger charge is -2.31. The van der Waals surface area contributed by atoms with Crippen LogP contribution in [0, 0.1) is 24.0 Å². The highest BCUT2D eigenvalue weighted by Gasteiger charge is 2.48.